The van der Waals surface area contributed by atoms with Crippen LogP contribution in [0.3, 0.4) is 0 Å². The van der Waals surface area contributed by atoms with Gasteiger partial charge < -0.3 is 0 Å². The summed E-state index contributed by atoms with van der Waals surface area (Å²) in [7, 11) is 0. The van der Waals surface area contributed by atoms with Crippen molar-refractivity contribution in [2.24, 2.45) is 0 Å². The van der Waals surface area contributed by atoms with E-state index in [0.29, 0.717) is 0 Å². The van der Waals surface area contributed by atoms with Crippen LogP contribution >= 0.6 is 22.9 Å². The highest BCUT2D eigenvalue weighted by Crippen LogP contribution is 2.24. The molecule has 0 spiro atoms. The molecule has 0 aromatic carbocycles. The second kappa shape index (κ2) is 2.67. The van der Waals surface area contributed by atoms with E-state index in [9.17, 15) is 0 Å². The third-order valence-electron chi connectivity index (χ3n) is 1.90. The maximum Gasteiger partial charge on any atom is 0.116 e. The van der Waals surface area contributed by atoms with Crippen LogP contribution in [0.15, 0.2) is 6.33 Å². The van der Waals surface area contributed by atoms with Crippen LogP contribution < -0.4 is 0 Å². The smallest absolute Gasteiger partial charge is 0.116 e. The lowest BCUT2D eigenvalue weighted by Gasteiger charge is -1.99. The van der Waals surface area contributed by atoms with E-state index in [0.717, 1.165) is 18.8 Å². The molecule has 0 atom stereocenters. The van der Waals surface area contributed by atoms with Gasteiger partial charge in [-0.05, 0) is 6.92 Å². The van der Waals surface area contributed by atoms with Gasteiger partial charge in [0.15, 0.2) is 0 Å². The number of hydrogen-bond donors (Lipinski definition) is 0. The van der Waals surface area contributed by atoms with Crippen molar-refractivity contribution in [3.63, 3.8) is 0 Å². The van der Waals surface area contributed by atoms with Crippen molar-refractivity contribution in [3.8, 4) is 0 Å². The van der Waals surface area contributed by atoms with E-state index in [2.05, 4.69) is 35.9 Å². The lowest BCUT2D eigenvalue weighted by atomic mass is 10.2. The molecule has 4 heteroatoms. The summed E-state index contributed by atoms with van der Waals surface area (Å²) in [6.07, 6.45) is 1.64. The number of fused-ring (bicyclic) bond motifs is 1. The second-order valence-corrected chi connectivity index (χ2v) is 4.03. The number of aryl methyl sites for hydroxylation is 1. The summed E-state index contributed by atoms with van der Waals surface area (Å²) < 4.78 is 2.21. The van der Waals surface area contributed by atoms with Gasteiger partial charge in [-0.25, -0.2) is 13.1 Å². The fourth-order valence-corrected chi connectivity index (χ4v) is 1.95. The Balaban J connectivity index is 2.49. The van der Waals surface area contributed by atoms with E-state index in [1.165, 1.54) is 11.3 Å². The van der Waals surface area contributed by atoms with E-state index < -0.39 is 0 Å². The Bertz CT molecular complexity index is 287. The Morgan fingerprint density at radius 3 is 3.00 bits per heavy atom. The molecule has 11 heavy (non-hydrogen) atoms. The third-order valence-corrected chi connectivity index (χ3v) is 2.58. The summed E-state index contributed by atoms with van der Waals surface area (Å²) >= 11 is 2.31. The maximum absolute atomic E-state index is 4.21. The van der Waals surface area contributed by atoms with Crippen LogP contribution in [0, 0.1) is 6.92 Å². The molecule has 0 saturated carbocycles. The van der Waals surface area contributed by atoms with Crippen molar-refractivity contribution in [2.45, 2.75) is 20.0 Å². The van der Waals surface area contributed by atoms with Crippen molar-refractivity contribution in [1.29, 1.82) is 0 Å². The largest absolute Gasteiger partial charge is 0.241 e. The fraction of sp³-hybridized carbons (Fsp3) is 0.429. The van der Waals surface area contributed by atoms with Crippen LogP contribution in [0.1, 0.15) is 17.0 Å². The standard InChI is InChI=1S/C7H8IN3/c1-5-6-2-11(8)3-7(6)10-4-9-5/h4H,2-3H2,1H3. The highest BCUT2D eigenvalue weighted by Gasteiger charge is 2.19. The predicted molar refractivity (Wildman–Crippen MR) is 50.0 cm³/mol. The molecule has 2 rings (SSSR count). The summed E-state index contributed by atoms with van der Waals surface area (Å²) in [6, 6.07) is 0. The summed E-state index contributed by atoms with van der Waals surface area (Å²) in [5.41, 5.74) is 3.61. The van der Waals surface area contributed by atoms with Crippen molar-refractivity contribution in [3.05, 3.63) is 23.3 Å². The lowest BCUT2D eigenvalue weighted by Crippen LogP contribution is -1.98. The van der Waals surface area contributed by atoms with Crippen LogP contribution in [0.25, 0.3) is 0 Å². The van der Waals surface area contributed by atoms with E-state index in [4.69, 9.17) is 0 Å². The minimum Gasteiger partial charge on any atom is -0.241 e. The SMILES string of the molecule is Cc1ncnc2c1CN(I)C2. The summed E-state index contributed by atoms with van der Waals surface area (Å²) in [5.74, 6) is 0. The Morgan fingerprint density at radius 2 is 2.27 bits per heavy atom. The van der Waals surface area contributed by atoms with Crippen molar-refractivity contribution >= 4 is 22.9 Å². The highest BCUT2D eigenvalue weighted by molar-refractivity contribution is 14.1. The first-order valence-corrected chi connectivity index (χ1v) is 4.44. The first-order valence-electron chi connectivity index (χ1n) is 3.47. The van der Waals surface area contributed by atoms with Gasteiger partial charge >= 0.3 is 0 Å². The van der Waals surface area contributed by atoms with Gasteiger partial charge in [-0.15, -0.1) is 0 Å². The van der Waals surface area contributed by atoms with Gasteiger partial charge in [0.1, 0.15) is 6.33 Å². The van der Waals surface area contributed by atoms with Gasteiger partial charge in [0.25, 0.3) is 0 Å². The van der Waals surface area contributed by atoms with E-state index in [-0.39, 0.29) is 0 Å². The monoisotopic (exact) mass is 261 g/mol. The van der Waals surface area contributed by atoms with Crippen LogP contribution in [-0.4, -0.2) is 13.1 Å². The maximum atomic E-state index is 4.21. The number of aromatic nitrogens is 2. The Morgan fingerprint density at radius 1 is 1.45 bits per heavy atom. The molecule has 0 fully saturated rings. The average molecular weight is 261 g/mol. The quantitative estimate of drug-likeness (QED) is 0.523. The Labute approximate surface area is 79.3 Å². The molecule has 0 unspecified atom stereocenters. The minimum absolute atomic E-state index is 0.958. The fourth-order valence-electron chi connectivity index (χ4n) is 1.28. The normalized spacial score (nSPS) is 16.9. The number of rotatable bonds is 0. The molecule has 0 radical (unpaired) electrons. The van der Waals surface area contributed by atoms with Gasteiger partial charge in [-0.3, -0.25) is 0 Å². The molecule has 1 aliphatic rings. The Kier molecular flexibility index (Phi) is 1.80. The molecule has 1 aliphatic heterocycles. The minimum atomic E-state index is 0.958. The van der Waals surface area contributed by atoms with Crippen molar-refractivity contribution in [1.82, 2.24) is 13.1 Å². The molecule has 0 bridgehead atoms. The molecular formula is C7H8IN3. The van der Waals surface area contributed by atoms with Gasteiger partial charge in [-0.2, -0.15) is 0 Å². The van der Waals surface area contributed by atoms with Crippen LogP contribution in [0.5, 0.6) is 0 Å². The van der Waals surface area contributed by atoms with Gasteiger partial charge in [-0.1, -0.05) is 0 Å². The molecule has 1 aromatic heterocycles. The molecule has 0 aliphatic carbocycles. The number of nitrogens with zero attached hydrogens (tertiary/aromatic N) is 3. The topological polar surface area (TPSA) is 29.0 Å². The van der Waals surface area contributed by atoms with Crippen LogP contribution in [0.4, 0.5) is 0 Å². The molecule has 3 nitrogen and oxygen atoms in total. The van der Waals surface area contributed by atoms with Gasteiger partial charge in [0.05, 0.1) is 12.2 Å². The van der Waals surface area contributed by atoms with Crippen LogP contribution in [0.2, 0.25) is 0 Å². The molecule has 2 heterocycles. The van der Waals surface area contributed by atoms with Crippen LogP contribution in [-0.2, 0) is 13.1 Å². The highest BCUT2D eigenvalue weighted by atomic mass is 127. The first-order chi connectivity index (χ1) is 5.27. The first kappa shape index (κ1) is 7.42. The lowest BCUT2D eigenvalue weighted by molar-refractivity contribution is 0.549. The van der Waals surface area contributed by atoms with Gasteiger partial charge in [0, 0.05) is 40.7 Å². The number of halogens is 1. The molecular weight excluding hydrogens is 253 g/mol. The van der Waals surface area contributed by atoms with E-state index >= 15 is 0 Å². The summed E-state index contributed by atoms with van der Waals surface area (Å²) in [5, 5.41) is 0. The Hall–Kier alpha value is -0.230. The zero-order valence-corrected chi connectivity index (χ0v) is 8.37. The number of hydrogen-bond acceptors (Lipinski definition) is 3. The molecule has 0 N–H and O–H groups in total. The third kappa shape index (κ3) is 1.24. The predicted octanol–water partition coefficient (Wildman–Crippen LogP) is 1.45. The molecule has 0 saturated heterocycles. The zero-order valence-electron chi connectivity index (χ0n) is 6.21. The summed E-state index contributed by atoms with van der Waals surface area (Å²) in [6.45, 7) is 3.98. The van der Waals surface area contributed by atoms with E-state index in [1.54, 1.807) is 6.33 Å². The van der Waals surface area contributed by atoms with Crippen molar-refractivity contribution < 1.29 is 0 Å². The van der Waals surface area contributed by atoms with E-state index in [1.807, 2.05) is 6.92 Å². The molecule has 58 valence electrons. The van der Waals surface area contributed by atoms with Crippen molar-refractivity contribution in [2.75, 3.05) is 0 Å². The molecule has 1 aromatic rings. The zero-order chi connectivity index (χ0) is 7.84. The summed E-state index contributed by atoms with van der Waals surface area (Å²) in [4.78, 5) is 8.36. The molecule has 0 amide bonds. The average Bonchev–Trinajstić information content (AvgIpc) is 2.31. The second-order valence-electron chi connectivity index (χ2n) is 2.66. The van der Waals surface area contributed by atoms with Gasteiger partial charge in [0.2, 0.25) is 0 Å².